The number of hydrogen-bond acceptors (Lipinski definition) is 12. The van der Waals surface area contributed by atoms with Gasteiger partial charge in [-0.15, -0.1) is 0 Å². The zero-order valence-corrected chi connectivity index (χ0v) is 24.5. The van der Waals surface area contributed by atoms with Gasteiger partial charge in [0.2, 0.25) is 11.8 Å². The maximum absolute atomic E-state index is 10.9. The quantitative estimate of drug-likeness (QED) is 0.0742. The van der Waals surface area contributed by atoms with Crippen molar-refractivity contribution in [3.8, 4) is 0 Å². The number of aliphatic carboxylic acids is 2. The number of thiol groups is 2. The molecule has 32 heavy (non-hydrogen) atoms. The van der Waals surface area contributed by atoms with Crippen LogP contribution in [0.15, 0.2) is 0 Å². The van der Waals surface area contributed by atoms with Crippen LogP contribution in [-0.2, 0) is 39.4 Å². The molecule has 0 fully saturated rings. The van der Waals surface area contributed by atoms with Crippen molar-refractivity contribution in [1.29, 1.82) is 0 Å². The Balaban J connectivity index is -0.000000231. The van der Waals surface area contributed by atoms with E-state index in [1.54, 1.807) is 0 Å². The second kappa shape index (κ2) is 19.7. The van der Waals surface area contributed by atoms with Crippen LogP contribution >= 0.6 is 25.3 Å². The van der Waals surface area contributed by atoms with Crippen molar-refractivity contribution in [2.24, 2.45) is 0 Å². The van der Waals surface area contributed by atoms with Crippen LogP contribution in [-0.4, -0.2) is 84.8 Å². The number of nitrogens with one attached hydrogen (secondary N) is 2. The third kappa shape index (κ3) is 25.0. The van der Waals surface area contributed by atoms with Crippen LogP contribution in [0.3, 0.4) is 0 Å². The van der Waals surface area contributed by atoms with Crippen LogP contribution in [0.4, 0.5) is 0 Å². The molecule has 0 aliphatic rings. The van der Waals surface area contributed by atoms with E-state index in [1.807, 2.05) is 10.6 Å². The normalized spacial score (nSPS) is 12.4. The van der Waals surface area contributed by atoms with E-state index in [-0.39, 0.29) is 83.5 Å². The summed E-state index contributed by atoms with van der Waals surface area (Å²) in [7, 11) is -8.97. The molecule has 0 aromatic rings. The minimum atomic E-state index is -4.48. The Morgan fingerprint density at radius 3 is 1.12 bits per heavy atom. The maximum Gasteiger partial charge on any atom is 1.00 e. The average molecular weight is 559 g/mol. The van der Waals surface area contributed by atoms with E-state index in [9.17, 15) is 46.2 Å². The van der Waals surface area contributed by atoms with Gasteiger partial charge in [-0.25, -0.2) is 0 Å². The van der Waals surface area contributed by atoms with Crippen LogP contribution in [0.5, 0.6) is 0 Å². The van der Waals surface area contributed by atoms with E-state index in [0.29, 0.717) is 0 Å². The van der Waals surface area contributed by atoms with Crippen LogP contribution in [0, 0.1) is 0 Å². The average Bonchev–Trinajstić information content (AvgIpc) is 2.52. The molecule has 20 heteroatoms. The van der Waals surface area contributed by atoms with Crippen molar-refractivity contribution in [3.63, 3.8) is 0 Å². The summed E-state index contributed by atoms with van der Waals surface area (Å²) in [4.78, 5) is 42.6. The fourth-order valence-corrected chi connectivity index (χ4v) is 3.18. The van der Waals surface area contributed by atoms with Crippen LogP contribution in [0.25, 0.3) is 0 Å². The maximum atomic E-state index is 10.9. The molecular weight excluding hydrogens is 538 g/mol. The van der Waals surface area contributed by atoms with Crippen molar-refractivity contribution in [1.82, 2.24) is 10.6 Å². The molecule has 176 valence electrons. The van der Waals surface area contributed by atoms with E-state index in [1.165, 1.54) is 0 Å². The molecule has 0 rings (SSSR count). The predicted molar refractivity (Wildman–Crippen MR) is 104 cm³/mol. The number of carbonyl (C=O) groups excluding carboxylic acids is 4. The molecule has 4 N–H and O–H groups in total. The largest absolute Gasteiger partial charge is 1.00 e. The van der Waals surface area contributed by atoms with Crippen molar-refractivity contribution in [3.05, 3.63) is 0 Å². The van der Waals surface area contributed by atoms with Crippen LogP contribution < -0.4 is 80.0 Å². The van der Waals surface area contributed by atoms with Gasteiger partial charge >= 0.3 is 59.1 Å². The first-order valence-corrected chi connectivity index (χ1v) is 12.1. The molecule has 2 atom stereocenters. The minimum absolute atomic E-state index is 0. The van der Waals surface area contributed by atoms with Crippen molar-refractivity contribution in [2.45, 2.75) is 24.9 Å². The van der Waals surface area contributed by atoms with Gasteiger partial charge in [0.05, 0.1) is 24.0 Å². The Labute approximate surface area is 239 Å². The molecule has 0 aromatic heterocycles. The van der Waals surface area contributed by atoms with Gasteiger partial charge in [-0.05, 0) is 11.5 Å². The van der Waals surface area contributed by atoms with Gasteiger partial charge < -0.3 is 30.4 Å². The first-order valence-electron chi connectivity index (χ1n) is 7.64. The standard InChI is InChI=1S/2C6H11NO6S2.2Na/c2*8-5(1-2-14)7-4(6(9)10)3-15(11,12)13;;/h2*4,14H,1-3H2,(H,7,8)(H,9,10)(H,11,12,13);;/q;;2*+1/p-2/t2*4-;;/m00../s1. The van der Waals surface area contributed by atoms with E-state index < -0.39 is 67.6 Å². The summed E-state index contributed by atoms with van der Waals surface area (Å²) in [5, 5.41) is 24.6. The summed E-state index contributed by atoms with van der Waals surface area (Å²) in [5.74, 6) is -6.76. The molecule has 0 heterocycles. The summed E-state index contributed by atoms with van der Waals surface area (Å²) in [6.07, 6.45) is -0.114. The second-order valence-corrected chi connectivity index (χ2v) is 9.21. The topological polar surface area (TPSA) is 247 Å². The third-order valence-corrected chi connectivity index (χ3v) is 4.63. The molecule has 0 saturated heterocycles. The Bertz CT molecular complexity index is 754. The fraction of sp³-hybridized carbons (Fsp3) is 0.667. The van der Waals surface area contributed by atoms with Gasteiger partial charge in [0.15, 0.2) is 0 Å². The number of amides is 2. The van der Waals surface area contributed by atoms with Crippen LogP contribution in [0.1, 0.15) is 12.8 Å². The minimum Gasteiger partial charge on any atom is -0.548 e. The monoisotopic (exact) mass is 558 g/mol. The zero-order chi connectivity index (χ0) is 24.1. The summed E-state index contributed by atoms with van der Waals surface area (Å²) < 4.78 is 58.3. The van der Waals surface area contributed by atoms with Gasteiger partial charge in [0.25, 0.3) is 20.2 Å². The molecule has 0 unspecified atom stereocenters. The van der Waals surface area contributed by atoms with E-state index in [4.69, 9.17) is 9.11 Å². The van der Waals surface area contributed by atoms with Gasteiger partial charge in [-0.3, -0.25) is 18.7 Å². The molecule has 0 bridgehead atoms. The second-order valence-electron chi connectivity index (χ2n) is 5.32. The SMILES string of the molecule is O=C(CCS)N[C@@H](CS(=O)(=O)O)C(=O)[O-].O=C(CCS)N[C@@H](CS(=O)(=O)O)C(=O)[O-].[Na+].[Na+]. The molecule has 0 saturated carbocycles. The number of carboxylic acid groups (broad SMARTS) is 2. The van der Waals surface area contributed by atoms with Gasteiger partial charge in [0.1, 0.15) is 11.5 Å². The zero-order valence-electron chi connectivity index (χ0n) is 17.1. The Morgan fingerprint density at radius 2 is 0.969 bits per heavy atom. The van der Waals surface area contributed by atoms with E-state index in [0.717, 1.165) is 0 Å². The predicted octanol–water partition coefficient (Wildman–Crippen LogP) is -11.1. The molecule has 0 spiro atoms. The van der Waals surface area contributed by atoms with Crippen molar-refractivity contribution < 1.29 is 114 Å². The molecule has 0 aliphatic heterocycles. The molecule has 2 amide bonds. The van der Waals surface area contributed by atoms with Gasteiger partial charge in [-0.2, -0.15) is 42.1 Å². The molecule has 0 radical (unpaired) electrons. The summed E-state index contributed by atoms with van der Waals surface area (Å²) in [6.45, 7) is 0. The molecule has 0 aromatic carbocycles. The number of carboxylic acids is 2. The Kier molecular flexibility index (Phi) is 24.4. The molecular formula is C12H20N2Na2O12S4. The fourth-order valence-electron chi connectivity index (χ4n) is 1.49. The Hall–Kier alpha value is 0.400. The van der Waals surface area contributed by atoms with Gasteiger partial charge in [0, 0.05) is 12.8 Å². The molecule has 0 aliphatic carbocycles. The Morgan fingerprint density at radius 1 is 0.719 bits per heavy atom. The van der Waals surface area contributed by atoms with Gasteiger partial charge in [-0.1, -0.05) is 0 Å². The van der Waals surface area contributed by atoms with Crippen molar-refractivity contribution in [2.75, 3.05) is 23.0 Å². The smallest absolute Gasteiger partial charge is 0.548 e. The first kappa shape index (κ1) is 39.6. The van der Waals surface area contributed by atoms with E-state index >= 15 is 0 Å². The first-order chi connectivity index (χ1) is 13.5. The van der Waals surface area contributed by atoms with Crippen molar-refractivity contribution >= 4 is 69.2 Å². The summed E-state index contributed by atoms with van der Waals surface area (Å²) in [6, 6.07) is -3.51. The summed E-state index contributed by atoms with van der Waals surface area (Å²) in [5.41, 5.74) is 0. The third-order valence-electron chi connectivity index (χ3n) is 2.67. The van der Waals surface area contributed by atoms with Crippen LogP contribution in [0.2, 0.25) is 0 Å². The number of rotatable bonds is 12. The number of hydrogen-bond donors (Lipinski definition) is 6. The van der Waals surface area contributed by atoms with E-state index in [2.05, 4.69) is 25.3 Å². The molecule has 14 nitrogen and oxygen atoms in total. The summed E-state index contributed by atoms with van der Waals surface area (Å²) >= 11 is 7.46. The number of carbonyl (C=O) groups is 4.